The number of hydrogen-bond acceptors (Lipinski definition) is 3. The second-order valence-electron chi connectivity index (χ2n) is 5.71. The monoisotopic (exact) mass is 276 g/mol. The van der Waals surface area contributed by atoms with Crippen molar-refractivity contribution >= 4 is 5.69 Å². The fraction of sp³-hybridized carbons (Fsp3) is 0.647. The second-order valence-corrected chi connectivity index (χ2v) is 5.71. The zero-order valence-corrected chi connectivity index (χ0v) is 12.9. The molecule has 1 aliphatic heterocycles. The van der Waals surface area contributed by atoms with Crippen LogP contribution in [0, 0.1) is 0 Å². The lowest BCUT2D eigenvalue weighted by atomic mass is 9.87. The minimum absolute atomic E-state index is 0.0693. The number of nitrogens with zero attached hydrogens (tertiary/aromatic N) is 1. The van der Waals surface area contributed by atoms with Crippen LogP contribution in [0.1, 0.15) is 46.0 Å². The van der Waals surface area contributed by atoms with Gasteiger partial charge in [-0.3, -0.25) is 0 Å². The maximum absolute atomic E-state index is 6.22. The molecule has 1 aliphatic rings. The van der Waals surface area contributed by atoms with Crippen LogP contribution in [0.4, 0.5) is 5.69 Å². The van der Waals surface area contributed by atoms with Gasteiger partial charge in [0.1, 0.15) is 5.75 Å². The average molecular weight is 276 g/mol. The molecule has 2 rings (SSSR count). The van der Waals surface area contributed by atoms with E-state index in [1.54, 1.807) is 0 Å². The molecule has 0 fully saturated rings. The molecule has 112 valence electrons. The first-order valence-electron chi connectivity index (χ1n) is 7.97. The molecule has 0 saturated carbocycles. The van der Waals surface area contributed by atoms with E-state index in [9.17, 15) is 0 Å². The molecule has 20 heavy (non-hydrogen) atoms. The molecule has 1 heterocycles. The molecule has 1 atom stereocenters. The van der Waals surface area contributed by atoms with Gasteiger partial charge < -0.3 is 15.4 Å². The number of para-hydroxylation sites is 2. The Bertz CT molecular complexity index is 415. The van der Waals surface area contributed by atoms with Crippen molar-refractivity contribution in [2.45, 2.75) is 51.5 Å². The number of rotatable bonds is 6. The van der Waals surface area contributed by atoms with E-state index in [1.807, 2.05) is 6.07 Å². The van der Waals surface area contributed by atoms with Gasteiger partial charge in [-0.15, -0.1) is 0 Å². The topological polar surface area (TPSA) is 38.5 Å². The predicted octanol–water partition coefficient (Wildman–Crippen LogP) is 3.57. The summed E-state index contributed by atoms with van der Waals surface area (Å²) in [7, 11) is 0. The zero-order valence-electron chi connectivity index (χ0n) is 12.9. The summed E-state index contributed by atoms with van der Waals surface area (Å²) in [5, 5.41) is 0. The molecule has 1 aromatic carbocycles. The van der Waals surface area contributed by atoms with Crippen molar-refractivity contribution in [3.8, 4) is 5.75 Å². The molecule has 1 unspecified atom stereocenters. The fourth-order valence-electron chi connectivity index (χ4n) is 3.19. The molecule has 3 nitrogen and oxygen atoms in total. The Labute approximate surface area is 123 Å². The lowest BCUT2D eigenvalue weighted by Crippen LogP contribution is -2.54. The SMILES string of the molecule is CCCCC(CC)(CN)N1CCCOc2ccccc21. The van der Waals surface area contributed by atoms with Crippen molar-refractivity contribution in [2.75, 3.05) is 24.6 Å². The van der Waals surface area contributed by atoms with Crippen LogP contribution < -0.4 is 15.4 Å². The average Bonchev–Trinajstić information content (AvgIpc) is 2.72. The van der Waals surface area contributed by atoms with E-state index in [1.165, 1.54) is 18.5 Å². The standard InChI is InChI=1S/C17H28N2O/c1-3-5-11-17(4-2,14-18)19-12-8-13-20-16-10-7-6-9-15(16)19/h6-7,9-10H,3-5,8,11-14,18H2,1-2H3. The Kier molecular flexibility index (Phi) is 5.30. The Hall–Kier alpha value is -1.22. The molecule has 0 aromatic heterocycles. The van der Waals surface area contributed by atoms with Crippen LogP contribution in [0.15, 0.2) is 24.3 Å². The maximum atomic E-state index is 6.22. The van der Waals surface area contributed by atoms with Crippen molar-refractivity contribution in [2.24, 2.45) is 5.73 Å². The van der Waals surface area contributed by atoms with E-state index in [0.29, 0.717) is 6.54 Å². The minimum atomic E-state index is 0.0693. The first kappa shape index (κ1) is 15.2. The van der Waals surface area contributed by atoms with Gasteiger partial charge in [-0.25, -0.2) is 0 Å². The third-order valence-electron chi connectivity index (χ3n) is 4.55. The minimum Gasteiger partial charge on any atom is -0.491 e. The molecular formula is C17H28N2O. The van der Waals surface area contributed by atoms with Crippen LogP contribution >= 0.6 is 0 Å². The van der Waals surface area contributed by atoms with Crippen molar-refractivity contribution in [1.29, 1.82) is 0 Å². The molecule has 3 heteroatoms. The van der Waals surface area contributed by atoms with Gasteiger partial charge in [-0.1, -0.05) is 38.8 Å². The summed E-state index contributed by atoms with van der Waals surface area (Å²) in [6.45, 7) is 7.04. The van der Waals surface area contributed by atoms with Crippen molar-refractivity contribution in [1.82, 2.24) is 0 Å². The van der Waals surface area contributed by atoms with Crippen LogP contribution in [0.25, 0.3) is 0 Å². The van der Waals surface area contributed by atoms with Crippen LogP contribution in [-0.4, -0.2) is 25.2 Å². The number of fused-ring (bicyclic) bond motifs is 1. The molecule has 0 bridgehead atoms. The maximum Gasteiger partial charge on any atom is 0.142 e. The third kappa shape index (κ3) is 2.93. The molecule has 0 saturated heterocycles. The van der Waals surface area contributed by atoms with Crippen LogP contribution in [0.3, 0.4) is 0 Å². The molecule has 0 spiro atoms. The summed E-state index contributed by atoms with van der Waals surface area (Å²) in [5.74, 6) is 1.01. The normalized spacial score (nSPS) is 17.9. The highest BCUT2D eigenvalue weighted by Crippen LogP contribution is 2.38. The Morgan fingerprint density at radius 3 is 2.80 bits per heavy atom. The Morgan fingerprint density at radius 1 is 1.30 bits per heavy atom. The predicted molar refractivity (Wildman–Crippen MR) is 85.5 cm³/mol. The smallest absolute Gasteiger partial charge is 0.142 e. The van der Waals surface area contributed by atoms with Gasteiger partial charge >= 0.3 is 0 Å². The van der Waals surface area contributed by atoms with Gasteiger partial charge in [0.15, 0.2) is 0 Å². The van der Waals surface area contributed by atoms with Crippen molar-refractivity contribution in [3.63, 3.8) is 0 Å². The number of benzene rings is 1. The summed E-state index contributed by atoms with van der Waals surface area (Å²) in [6.07, 6.45) is 5.74. The highest BCUT2D eigenvalue weighted by atomic mass is 16.5. The van der Waals surface area contributed by atoms with Crippen LogP contribution in [0.2, 0.25) is 0 Å². The van der Waals surface area contributed by atoms with Crippen LogP contribution in [0.5, 0.6) is 5.75 Å². The highest BCUT2D eigenvalue weighted by molar-refractivity contribution is 5.61. The van der Waals surface area contributed by atoms with E-state index in [4.69, 9.17) is 10.5 Å². The fourth-order valence-corrected chi connectivity index (χ4v) is 3.19. The number of unbranched alkanes of at least 4 members (excludes halogenated alkanes) is 1. The second kappa shape index (κ2) is 6.98. The number of hydrogen-bond donors (Lipinski definition) is 1. The largest absolute Gasteiger partial charge is 0.491 e. The third-order valence-corrected chi connectivity index (χ3v) is 4.55. The molecule has 1 aromatic rings. The first-order chi connectivity index (χ1) is 9.77. The van der Waals surface area contributed by atoms with E-state index in [-0.39, 0.29) is 5.54 Å². The lowest BCUT2D eigenvalue weighted by Gasteiger charge is -2.44. The summed E-state index contributed by atoms with van der Waals surface area (Å²) in [5.41, 5.74) is 7.50. The van der Waals surface area contributed by atoms with Gasteiger partial charge in [0.2, 0.25) is 0 Å². The van der Waals surface area contributed by atoms with Gasteiger partial charge in [0, 0.05) is 13.1 Å². The highest BCUT2D eigenvalue weighted by Gasteiger charge is 2.35. The van der Waals surface area contributed by atoms with E-state index < -0.39 is 0 Å². The number of nitrogens with two attached hydrogens (primary N) is 1. The molecule has 0 radical (unpaired) electrons. The summed E-state index contributed by atoms with van der Waals surface area (Å²) < 4.78 is 5.88. The van der Waals surface area contributed by atoms with Crippen molar-refractivity contribution < 1.29 is 4.74 Å². The first-order valence-corrected chi connectivity index (χ1v) is 7.97. The van der Waals surface area contributed by atoms with Crippen molar-refractivity contribution in [3.05, 3.63) is 24.3 Å². The van der Waals surface area contributed by atoms with E-state index in [0.717, 1.165) is 38.2 Å². The quantitative estimate of drug-likeness (QED) is 0.863. The zero-order chi connectivity index (χ0) is 14.4. The summed E-state index contributed by atoms with van der Waals surface area (Å²) >= 11 is 0. The summed E-state index contributed by atoms with van der Waals surface area (Å²) in [4.78, 5) is 2.52. The van der Waals surface area contributed by atoms with Gasteiger partial charge in [-0.2, -0.15) is 0 Å². The lowest BCUT2D eigenvalue weighted by molar-refractivity contribution is 0.316. The molecular weight excluding hydrogens is 248 g/mol. The molecule has 0 aliphatic carbocycles. The Morgan fingerprint density at radius 2 is 2.10 bits per heavy atom. The van der Waals surface area contributed by atoms with Gasteiger partial charge in [0.05, 0.1) is 17.8 Å². The van der Waals surface area contributed by atoms with E-state index >= 15 is 0 Å². The van der Waals surface area contributed by atoms with Gasteiger partial charge in [0.25, 0.3) is 0 Å². The molecule has 0 amide bonds. The van der Waals surface area contributed by atoms with Gasteiger partial charge in [-0.05, 0) is 31.4 Å². The van der Waals surface area contributed by atoms with Crippen LogP contribution in [-0.2, 0) is 0 Å². The van der Waals surface area contributed by atoms with E-state index in [2.05, 4.69) is 36.9 Å². The summed E-state index contributed by atoms with van der Waals surface area (Å²) in [6, 6.07) is 8.39. The molecule has 2 N–H and O–H groups in total. The Balaban J connectivity index is 2.36. The number of anilines is 1. The number of ether oxygens (including phenoxy) is 1.